The van der Waals surface area contributed by atoms with E-state index in [0.29, 0.717) is 0 Å². The van der Waals surface area contributed by atoms with Gasteiger partial charge in [-0.2, -0.15) is 0 Å². The molecule has 2 aromatic rings. The molecule has 0 aromatic heterocycles. The van der Waals surface area contributed by atoms with E-state index in [-0.39, 0.29) is 0 Å². The van der Waals surface area contributed by atoms with Gasteiger partial charge >= 0.3 is 0 Å². The molecule has 1 aliphatic rings. The van der Waals surface area contributed by atoms with Crippen molar-refractivity contribution >= 4 is 29.1 Å². The lowest BCUT2D eigenvalue weighted by Crippen LogP contribution is -2.49. The van der Waals surface area contributed by atoms with Gasteiger partial charge in [0.2, 0.25) is 0 Å². The molecule has 4 heteroatoms. The first-order valence-electron chi connectivity index (χ1n) is 9.18. The molecule has 0 unspecified atom stereocenters. The summed E-state index contributed by atoms with van der Waals surface area (Å²) in [5.74, 6) is 0. The van der Waals surface area contributed by atoms with Crippen LogP contribution in [-0.2, 0) is 0 Å². The van der Waals surface area contributed by atoms with Gasteiger partial charge < -0.3 is 10.2 Å². The molecule has 0 amide bonds. The highest BCUT2D eigenvalue weighted by Crippen LogP contribution is 2.15. The van der Waals surface area contributed by atoms with Crippen molar-refractivity contribution in [2.24, 2.45) is 0 Å². The number of nitrogens with zero attached hydrogens (tertiary/aromatic N) is 2. The summed E-state index contributed by atoms with van der Waals surface area (Å²) in [4.78, 5) is 4.74. The first-order valence-corrected chi connectivity index (χ1v) is 9.59. The van der Waals surface area contributed by atoms with Crippen LogP contribution in [0, 0.1) is 13.8 Å². The molecular formula is C22H27N3S. The van der Waals surface area contributed by atoms with E-state index in [1.54, 1.807) is 0 Å². The molecule has 1 heterocycles. The predicted octanol–water partition coefficient (Wildman–Crippen LogP) is 4.33. The fraction of sp³-hybridized carbons (Fsp3) is 0.318. The molecule has 2 aromatic carbocycles. The maximum absolute atomic E-state index is 5.61. The lowest BCUT2D eigenvalue weighted by molar-refractivity contribution is 0.200. The van der Waals surface area contributed by atoms with Crippen molar-refractivity contribution in [3.63, 3.8) is 0 Å². The average molecular weight is 366 g/mol. The molecule has 1 N–H and O–H groups in total. The van der Waals surface area contributed by atoms with Crippen molar-refractivity contribution in [3.8, 4) is 0 Å². The van der Waals surface area contributed by atoms with Gasteiger partial charge in [0.05, 0.1) is 0 Å². The Kier molecular flexibility index (Phi) is 6.42. The van der Waals surface area contributed by atoms with Crippen molar-refractivity contribution in [2.45, 2.75) is 13.8 Å². The zero-order valence-corrected chi connectivity index (χ0v) is 16.4. The van der Waals surface area contributed by atoms with Crippen LogP contribution < -0.4 is 5.32 Å². The Hall–Kier alpha value is -2.17. The summed E-state index contributed by atoms with van der Waals surface area (Å²) in [7, 11) is 0. The third kappa shape index (κ3) is 5.41. The highest BCUT2D eigenvalue weighted by Gasteiger charge is 2.18. The largest absolute Gasteiger partial charge is 0.346 e. The van der Waals surface area contributed by atoms with Gasteiger partial charge in [-0.3, -0.25) is 4.90 Å². The zero-order chi connectivity index (χ0) is 18.4. The Bertz CT molecular complexity index is 742. The van der Waals surface area contributed by atoms with Crippen LogP contribution in [0.1, 0.15) is 16.7 Å². The lowest BCUT2D eigenvalue weighted by Gasteiger charge is -2.35. The van der Waals surface area contributed by atoms with Crippen LogP contribution in [0.2, 0.25) is 0 Å². The number of nitrogens with one attached hydrogen (secondary N) is 1. The maximum Gasteiger partial charge on any atom is 0.173 e. The number of thiocarbonyl (C=S) groups is 1. The topological polar surface area (TPSA) is 18.5 Å². The fourth-order valence-corrected chi connectivity index (χ4v) is 3.59. The van der Waals surface area contributed by atoms with Crippen LogP contribution >= 0.6 is 12.2 Å². The number of benzene rings is 2. The minimum absolute atomic E-state index is 0.828. The minimum atomic E-state index is 0.828. The predicted molar refractivity (Wildman–Crippen MR) is 116 cm³/mol. The van der Waals surface area contributed by atoms with Crippen molar-refractivity contribution in [1.82, 2.24) is 9.80 Å². The molecule has 3 rings (SSSR count). The fourth-order valence-electron chi connectivity index (χ4n) is 3.28. The van der Waals surface area contributed by atoms with Crippen molar-refractivity contribution < 1.29 is 0 Å². The molecule has 26 heavy (non-hydrogen) atoms. The van der Waals surface area contributed by atoms with Crippen LogP contribution in [0.5, 0.6) is 0 Å². The van der Waals surface area contributed by atoms with Crippen molar-refractivity contribution in [3.05, 3.63) is 71.3 Å². The first-order chi connectivity index (χ1) is 12.6. The second-order valence-electron chi connectivity index (χ2n) is 6.91. The summed E-state index contributed by atoms with van der Waals surface area (Å²) in [6, 6.07) is 16.9. The molecule has 1 fully saturated rings. The van der Waals surface area contributed by atoms with E-state index < -0.39 is 0 Å². The molecule has 1 saturated heterocycles. The van der Waals surface area contributed by atoms with Crippen LogP contribution in [-0.4, -0.2) is 47.6 Å². The molecule has 1 aliphatic heterocycles. The molecule has 3 nitrogen and oxygen atoms in total. The highest BCUT2D eigenvalue weighted by molar-refractivity contribution is 7.80. The second-order valence-corrected chi connectivity index (χ2v) is 7.29. The van der Waals surface area contributed by atoms with Crippen LogP contribution in [0.3, 0.4) is 0 Å². The van der Waals surface area contributed by atoms with Crippen LogP contribution in [0.25, 0.3) is 6.08 Å². The zero-order valence-electron chi connectivity index (χ0n) is 15.6. The number of rotatable bonds is 4. The van der Waals surface area contributed by atoms with E-state index in [1.165, 1.54) is 16.7 Å². The van der Waals surface area contributed by atoms with E-state index in [9.17, 15) is 0 Å². The minimum Gasteiger partial charge on any atom is -0.346 e. The summed E-state index contributed by atoms with van der Waals surface area (Å²) < 4.78 is 0. The Balaban J connectivity index is 1.45. The van der Waals surface area contributed by atoms with Gasteiger partial charge in [0.1, 0.15) is 0 Å². The number of anilines is 1. The molecular weight excluding hydrogens is 338 g/mol. The Labute approximate surface area is 162 Å². The summed E-state index contributed by atoms with van der Waals surface area (Å²) >= 11 is 5.61. The van der Waals surface area contributed by atoms with Gasteiger partial charge in [0, 0.05) is 38.4 Å². The second kappa shape index (κ2) is 8.97. The molecule has 0 atom stereocenters. The van der Waals surface area contributed by atoms with E-state index >= 15 is 0 Å². The smallest absolute Gasteiger partial charge is 0.173 e. The summed E-state index contributed by atoms with van der Waals surface area (Å²) in [6.45, 7) is 9.22. The van der Waals surface area contributed by atoms with Gasteiger partial charge in [-0.1, -0.05) is 48.6 Å². The monoisotopic (exact) mass is 365 g/mol. The van der Waals surface area contributed by atoms with Crippen molar-refractivity contribution in [1.29, 1.82) is 0 Å². The van der Waals surface area contributed by atoms with E-state index in [4.69, 9.17) is 12.2 Å². The molecule has 0 spiro atoms. The highest BCUT2D eigenvalue weighted by atomic mass is 32.1. The van der Waals surface area contributed by atoms with Gasteiger partial charge in [0.15, 0.2) is 5.11 Å². The SMILES string of the molecule is Cc1cc(C)cc(NC(=S)N2CCN(CC=Cc3ccccc3)CC2)c1. The van der Waals surface area contributed by atoms with Crippen LogP contribution in [0.4, 0.5) is 5.69 Å². The number of piperazine rings is 1. The summed E-state index contributed by atoms with van der Waals surface area (Å²) in [5, 5.41) is 4.23. The van der Waals surface area contributed by atoms with Crippen molar-refractivity contribution in [2.75, 3.05) is 38.0 Å². The third-order valence-electron chi connectivity index (χ3n) is 4.61. The molecule has 0 aliphatic carbocycles. The van der Waals surface area contributed by atoms with Gasteiger partial charge in [-0.15, -0.1) is 0 Å². The summed E-state index contributed by atoms with van der Waals surface area (Å²) in [6.07, 6.45) is 4.44. The number of aryl methyl sites for hydroxylation is 2. The maximum atomic E-state index is 5.61. The first kappa shape index (κ1) is 18.6. The Morgan fingerprint density at radius 3 is 2.31 bits per heavy atom. The molecule has 0 radical (unpaired) electrons. The number of hydrogen-bond donors (Lipinski definition) is 1. The number of hydrogen-bond acceptors (Lipinski definition) is 2. The molecule has 0 saturated carbocycles. The van der Waals surface area contributed by atoms with Gasteiger partial charge in [-0.25, -0.2) is 0 Å². The van der Waals surface area contributed by atoms with Gasteiger partial charge in [-0.05, 0) is 54.9 Å². The lowest BCUT2D eigenvalue weighted by atomic mass is 10.1. The molecule has 136 valence electrons. The normalized spacial score (nSPS) is 15.4. The van der Waals surface area contributed by atoms with Crippen LogP contribution in [0.15, 0.2) is 54.6 Å². The standard InChI is InChI=1S/C22H27N3S/c1-18-15-19(2)17-21(16-18)23-22(26)25-13-11-24(12-14-25)10-6-9-20-7-4-3-5-8-20/h3-9,15-17H,10-14H2,1-2H3,(H,23,26). The third-order valence-corrected chi connectivity index (χ3v) is 4.97. The molecule has 0 bridgehead atoms. The Morgan fingerprint density at radius 2 is 1.65 bits per heavy atom. The van der Waals surface area contributed by atoms with E-state index in [2.05, 4.69) is 83.6 Å². The average Bonchev–Trinajstić information content (AvgIpc) is 2.62. The quantitative estimate of drug-likeness (QED) is 0.813. The summed E-state index contributed by atoms with van der Waals surface area (Å²) in [5.41, 5.74) is 4.85. The van der Waals surface area contributed by atoms with E-state index in [0.717, 1.165) is 43.5 Å². The Morgan fingerprint density at radius 1 is 1.00 bits per heavy atom. The van der Waals surface area contributed by atoms with Gasteiger partial charge in [0.25, 0.3) is 0 Å². The van der Waals surface area contributed by atoms with E-state index in [1.807, 2.05) is 6.07 Å².